The molecule has 0 N–H and O–H groups in total. The normalized spacial score (nSPS) is 29.4. The summed E-state index contributed by atoms with van der Waals surface area (Å²) in [7, 11) is 2.02. The van der Waals surface area contributed by atoms with Gasteiger partial charge in [-0.2, -0.15) is 0 Å². The zero-order chi connectivity index (χ0) is 9.78. The van der Waals surface area contributed by atoms with Crippen LogP contribution in [0.1, 0.15) is 40.5 Å². The van der Waals surface area contributed by atoms with Gasteiger partial charge < -0.3 is 0 Å². The quantitative estimate of drug-likeness (QED) is 0.602. The summed E-state index contributed by atoms with van der Waals surface area (Å²) >= 11 is 0. The van der Waals surface area contributed by atoms with Crippen molar-refractivity contribution in [1.29, 1.82) is 0 Å². The van der Waals surface area contributed by atoms with Gasteiger partial charge in [0, 0.05) is 0 Å². The van der Waals surface area contributed by atoms with E-state index in [2.05, 4.69) is 4.90 Å². The van der Waals surface area contributed by atoms with Crippen molar-refractivity contribution in [2.24, 2.45) is 0 Å². The maximum absolute atomic E-state index is 11.1. The van der Waals surface area contributed by atoms with Crippen LogP contribution in [-0.4, -0.2) is 29.8 Å². The summed E-state index contributed by atoms with van der Waals surface area (Å²) in [6.45, 7) is 8.78. The van der Waals surface area contributed by atoms with E-state index in [9.17, 15) is 4.79 Å². The van der Waals surface area contributed by atoms with Gasteiger partial charge in [0.05, 0.1) is 5.54 Å². The summed E-state index contributed by atoms with van der Waals surface area (Å²) in [6.07, 6.45) is 2.19. The number of likely N-dealkylation sites (N-methyl/N-ethyl adjacent to an activating group) is 1. The Balaban J connectivity index is 0.000000561. The summed E-state index contributed by atoms with van der Waals surface area (Å²) in [5.74, 6) is 0.299. The van der Waals surface area contributed by atoms with Crippen LogP contribution in [0.15, 0.2) is 0 Å². The second-order valence-corrected chi connectivity index (χ2v) is 3.36. The Hall–Kier alpha value is -0.370. The Morgan fingerprint density at radius 2 is 1.92 bits per heavy atom. The van der Waals surface area contributed by atoms with Gasteiger partial charge in [0.25, 0.3) is 0 Å². The minimum atomic E-state index is -0.153. The molecule has 1 atom stereocenters. The van der Waals surface area contributed by atoms with Crippen LogP contribution in [0.25, 0.3) is 0 Å². The van der Waals surface area contributed by atoms with Gasteiger partial charge in [-0.1, -0.05) is 13.8 Å². The SMILES string of the molecule is CC.CC(=O)C1(C)CCCN1C. The first-order valence-corrected chi connectivity index (χ1v) is 4.79. The number of carbonyl (C=O) groups excluding carboxylic acids is 1. The molecule has 1 aliphatic heterocycles. The van der Waals surface area contributed by atoms with Crippen LogP contribution in [0.4, 0.5) is 0 Å². The van der Waals surface area contributed by atoms with Crippen molar-refractivity contribution in [2.45, 2.75) is 46.1 Å². The van der Waals surface area contributed by atoms with Gasteiger partial charge in [-0.05, 0) is 40.3 Å². The fraction of sp³-hybridized carbons (Fsp3) is 0.900. The fourth-order valence-electron chi connectivity index (χ4n) is 1.54. The van der Waals surface area contributed by atoms with Crippen LogP contribution in [0.3, 0.4) is 0 Å². The maximum atomic E-state index is 11.1. The van der Waals surface area contributed by atoms with E-state index in [0.717, 1.165) is 19.4 Å². The zero-order valence-electron chi connectivity index (χ0n) is 8.98. The standard InChI is InChI=1S/C8H15NO.C2H6/c1-7(10)8(2)5-4-6-9(8)3;1-2/h4-6H2,1-3H3;1-2H3. The minimum Gasteiger partial charge on any atom is -0.298 e. The van der Waals surface area contributed by atoms with Crippen molar-refractivity contribution < 1.29 is 4.79 Å². The van der Waals surface area contributed by atoms with Crippen LogP contribution in [0.2, 0.25) is 0 Å². The topological polar surface area (TPSA) is 20.3 Å². The monoisotopic (exact) mass is 171 g/mol. The van der Waals surface area contributed by atoms with Crippen molar-refractivity contribution in [1.82, 2.24) is 4.90 Å². The van der Waals surface area contributed by atoms with Crippen molar-refractivity contribution >= 4 is 5.78 Å². The summed E-state index contributed by atoms with van der Waals surface area (Å²) < 4.78 is 0. The van der Waals surface area contributed by atoms with Gasteiger partial charge in [-0.3, -0.25) is 9.69 Å². The van der Waals surface area contributed by atoms with E-state index in [1.807, 2.05) is 27.8 Å². The molecule has 1 fully saturated rings. The van der Waals surface area contributed by atoms with Gasteiger partial charge in [0.1, 0.15) is 5.78 Å². The maximum Gasteiger partial charge on any atom is 0.149 e. The second kappa shape index (κ2) is 4.61. The summed E-state index contributed by atoms with van der Waals surface area (Å²) in [6, 6.07) is 0. The van der Waals surface area contributed by atoms with E-state index in [-0.39, 0.29) is 5.54 Å². The van der Waals surface area contributed by atoms with Crippen molar-refractivity contribution in [2.75, 3.05) is 13.6 Å². The number of nitrogens with zero attached hydrogens (tertiary/aromatic N) is 1. The Bertz CT molecular complexity index is 156. The summed E-state index contributed by atoms with van der Waals surface area (Å²) in [4.78, 5) is 13.3. The van der Waals surface area contributed by atoms with Gasteiger partial charge in [0.15, 0.2) is 0 Å². The molecule has 72 valence electrons. The molecule has 0 amide bonds. The molecule has 2 heteroatoms. The largest absolute Gasteiger partial charge is 0.298 e. The molecule has 0 spiro atoms. The summed E-state index contributed by atoms with van der Waals surface area (Å²) in [5, 5.41) is 0. The van der Waals surface area contributed by atoms with Crippen LogP contribution in [-0.2, 0) is 4.79 Å². The highest BCUT2D eigenvalue weighted by Crippen LogP contribution is 2.27. The lowest BCUT2D eigenvalue weighted by Crippen LogP contribution is -2.44. The average Bonchev–Trinajstić information content (AvgIpc) is 2.38. The van der Waals surface area contributed by atoms with Gasteiger partial charge >= 0.3 is 0 Å². The second-order valence-electron chi connectivity index (χ2n) is 3.36. The molecule has 0 bridgehead atoms. The minimum absolute atomic E-state index is 0.153. The van der Waals surface area contributed by atoms with E-state index in [0.29, 0.717) is 5.78 Å². The number of likely N-dealkylation sites (tertiary alicyclic amines) is 1. The summed E-state index contributed by atoms with van der Waals surface area (Å²) in [5.41, 5.74) is -0.153. The lowest BCUT2D eigenvalue weighted by molar-refractivity contribution is -0.125. The smallest absolute Gasteiger partial charge is 0.149 e. The molecule has 0 radical (unpaired) electrons. The Kier molecular flexibility index (Phi) is 4.46. The Morgan fingerprint density at radius 3 is 2.08 bits per heavy atom. The highest BCUT2D eigenvalue weighted by atomic mass is 16.1. The molecular formula is C10H21NO. The molecule has 1 aliphatic rings. The van der Waals surface area contributed by atoms with E-state index >= 15 is 0 Å². The van der Waals surface area contributed by atoms with E-state index in [4.69, 9.17) is 0 Å². The predicted octanol–water partition coefficient (Wildman–Crippen LogP) is 2.09. The molecule has 0 saturated carbocycles. The van der Waals surface area contributed by atoms with Crippen LogP contribution >= 0.6 is 0 Å². The van der Waals surface area contributed by atoms with E-state index in [1.165, 1.54) is 0 Å². The number of hydrogen-bond donors (Lipinski definition) is 0. The highest BCUT2D eigenvalue weighted by molar-refractivity contribution is 5.85. The lowest BCUT2D eigenvalue weighted by atomic mass is 9.95. The van der Waals surface area contributed by atoms with Crippen molar-refractivity contribution in [3.63, 3.8) is 0 Å². The number of ketones is 1. The van der Waals surface area contributed by atoms with E-state index < -0.39 is 0 Å². The van der Waals surface area contributed by atoms with Crippen molar-refractivity contribution in [3.8, 4) is 0 Å². The first-order valence-electron chi connectivity index (χ1n) is 4.79. The molecule has 1 heterocycles. The Morgan fingerprint density at radius 1 is 1.42 bits per heavy atom. The van der Waals surface area contributed by atoms with Crippen molar-refractivity contribution in [3.05, 3.63) is 0 Å². The molecule has 12 heavy (non-hydrogen) atoms. The lowest BCUT2D eigenvalue weighted by Gasteiger charge is -2.28. The van der Waals surface area contributed by atoms with Gasteiger partial charge in [-0.25, -0.2) is 0 Å². The van der Waals surface area contributed by atoms with Gasteiger partial charge in [0.2, 0.25) is 0 Å². The first kappa shape index (κ1) is 11.6. The van der Waals surface area contributed by atoms with Gasteiger partial charge in [-0.15, -0.1) is 0 Å². The number of Topliss-reactive ketones (excluding diaryl/α,β-unsaturated/α-hetero) is 1. The zero-order valence-corrected chi connectivity index (χ0v) is 8.98. The predicted molar refractivity (Wildman–Crippen MR) is 52.3 cm³/mol. The average molecular weight is 171 g/mol. The molecule has 0 aliphatic carbocycles. The fourth-order valence-corrected chi connectivity index (χ4v) is 1.54. The molecule has 0 aromatic heterocycles. The molecule has 1 rings (SSSR count). The van der Waals surface area contributed by atoms with E-state index in [1.54, 1.807) is 6.92 Å². The number of rotatable bonds is 1. The number of carbonyl (C=O) groups is 1. The third-order valence-corrected chi connectivity index (χ3v) is 2.76. The molecule has 0 aromatic rings. The molecule has 1 unspecified atom stereocenters. The first-order chi connectivity index (χ1) is 5.57. The Labute approximate surface area is 75.9 Å². The van der Waals surface area contributed by atoms with Crippen LogP contribution in [0, 0.1) is 0 Å². The molecular weight excluding hydrogens is 150 g/mol. The van der Waals surface area contributed by atoms with Crippen LogP contribution in [0.5, 0.6) is 0 Å². The number of hydrogen-bond acceptors (Lipinski definition) is 2. The third kappa shape index (κ3) is 2.07. The molecule has 1 saturated heterocycles. The third-order valence-electron chi connectivity index (χ3n) is 2.76. The molecule has 2 nitrogen and oxygen atoms in total. The van der Waals surface area contributed by atoms with Crippen LogP contribution < -0.4 is 0 Å². The highest BCUT2D eigenvalue weighted by Gasteiger charge is 2.37. The molecule has 0 aromatic carbocycles.